The van der Waals surface area contributed by atoms with Crippen molar-refractivity contribution >= 4 is 38.7 Å². The third-order valence-electron chi connectivity index (χ3n) is 5.69. The first-order valence-electron chi connectivity index (χ1n) is 11.3. The molecule has 7 nitrogen and oxygen atoms in total. The minimum atomic E-state index is -3.54. The number of aromatic nitrogens is 2. The predicted molar refractivity (Wildman–Crippen MR) is 126 cm³/mol. The highest BCUT2D eigenvalue weighted by Gasteiger charge is 2.27. The van der Waals surface area contributed by atoms with Gasteiger partial charge in [0.1, 0.15) is 0 Å². The van der Waals surface area contributed by atoms with Gasteiger partial charge in [-0.3, -0.25) is 4.79 Å². The highest BCUT2D eigenvalue weighted by Crippen LogP contribution is 2.31. The monoisotopic (exact) mass is 466 g/mol. The molecule has 1 heterocycles. The van der Waals surface area contributed by atoms with Crippen molar-refractivity contribution in [1.29, 1.82) is 0 Å². The molecule has 0 saturated heterocycles. The summed E-state index contributed by atoms with van der Waals surface area (Å²) < 4.78 is 29.3. The number of carbonyl (C=O) groups excluding carboxylic acids is 1. The molecule has 0 spiro atoms. The third kappa shape index (κ3) is 5.43. The van der Waals surface area contributed by atoms with Crippen molar-refractivity contribution in [1.82, 2.24) is 18.8 Å². The Bertz CT molecular complexity index is 1010. The first kappa shape index (κ1) is 24.1. The van der Waals surface area contributed by atoms with Crippen LogP contribution in [-0.4, -0.2) is 65.0 Å². The Hall–Kier alpha value is -1.58. The number of benzene rings is 1. The van der Waals surface area contributed by atoms with E-state index in [-0.39, 0.29) is 10.8 Å². The highest BCUT2D eigenvalue weighted by atomic mass is 32.2. The number of thioether (sulfide) groups is 1. The van der Waals surface area contributed by atoms with Crippen LogP contribution in [-0.2, 0) is 21.4 Å². The van der Waals surface area contributed by atoms with Gasteiger partial charge in [0.2, 0.25) is 15.9 Å². The molecule has 1 aromatic heterocycles. The van der Waals surface area contributed by atoms with Gasteiger partial charge in [0.15, 0.2) is 5.16 Å². The maximum Gasteiger partial charge on any atom is 0.243 e. The molecule has 1 fully saturated rings. The van der Waals surface area contributed by atoms with Crippen LogP contribution in [0, 0.1) is 5.92 Å². The van der Waals surface area contributed by atoms with E-state index in [2.05, 4.69) is 6.92 Å². The average Bonchev–Trinajstić information content (AvgIpc) is 3.50. The molecule has 2 aromatic rings. The molecule has 0 atom stereocenters. The molecule has 31 heavy (non-hydrogen) atoms. The maximum atomic E-state index is 12.9. The van der Waals surface area contributed by atoms with Crippen molar-refractivity contribution < 1.29 is 13.2 Å². The highest BCUT2D eigenvalue weighted by molar-refractivity contribution is 7.99. The van der Waals surface area contributed by atoms with Gasteiger partial charge in [-0.25, -0.2) is 13.4 Å². The van der Waals surface area contributed by atoms with E-state index in [9.17, 15) is 13.2 Å². The summed E-state index contributed by atoms with van der Waals surface area (Å²) in [5.41, 5.74) is 1.53. The lowest BCUT2D eigenvalue weighted by atomic mass is 10.3. The van der Waals surface area contributed by atoms with Gasteiger partial charge in [0.25, 0.3) is 0 Å². The molecule has 1 aromatic carbocycles. The number of nitrogens with zero attached hydrogens (tertiary/aromatic N) is 4. The molecule has 9 heteroatoms. The molecule has 3 rings (SSSR count). The van der Waals surface area contributed by atoms with E-state index >= 15 is 0 Å². The number of aryl methyl sites for hydroxylation is 1. The zero-order valence-corrected chi connectivity index (χ0v) is 20.6. The lowest BCUT2D eigenvalue weighted by Gasteiger charge is -2.21. The largest absolute Gasteiger partial charge is 0.342 e. The molecule has 0 unspecified atom stereocenters. The van der Waals surface area contributed by atoms with E-state index < -0.39 is 10.0 Å². The number of fused-ring (bicyclic) bond motifs is 1. The number of hydrogen-bond donors (Lipinski definition) is 0. The number of imidazole rings is 1. The second-order valence-corrected chi connectivity index (χ2v) is 10.8. The van der Waals surface area contributed by atoms with Crippen LogP contribution in [0.25, 0.3) is 11.0 Å². The van der Waals surface area contributed by atoms with Crippen LogP contribution in [0.4, 0.5) is 0 Å². The van der Waals surface area contributed by atoms with E-state index in [4.69, 9.17) is 4.98 Å². The van der Waals surface area contributed by atoms with Gasteiger partial charge >= 0.3 is 0 Å². The Labute approximate surface area is 190 Å². The Balaban J connectivity index is 1.81. The summed E-state index contributed by atoms with van der Waals surface area (Å²) in [6, 6.07) is 5.13. The van der Waals surface area contributed by atoms with Crippen LogP contribution in [0.1, 0.15) is 47.0 Å². The van der Waals surface area contributed by atoms with Crippen molar-refractivity contribution in [2.75, 3.05) is 31.9 Å². The summed E-state index contributed by atoms with van der Waals surface area (Å²) in [5, 5.41) is 0.756. The van der Waals surface area contributed by atoms with Crippen LogP contribution in [0.2, 0.25) is 0 Å². The summed E-state index contributed by atoms with van der Waals surface area (Å²) in [6.45, 7) is 11.0. The van der Waals surface area contributed by atoms with Crippen molar-refractivity contribution in [3.05, 3.63) is 18.2 Å². The normalized spacial score (nSPS) is 14.5. The first-order valence-corrected chi connectivity index (χ1v) is 13.7. The topological polar surface area (TPSA) is 75.5 Å². The Kier molecular flexibility index (Phi) is 8.04. The number of hydrogen-bond acceptors (Lipinski definition) is 5. The molecule has 1 saturated carbocycles. The molecular formula is C22H34N4O3S2. The molecule has 1 aliphatic rings. The van der Waals surface area contributed by atoms with Gasteiger partial charge in [-0.05, 0) is 50.3 Å². The number of carbonyl (C=O) groups is 1. The fourth-order valence-electron chi connectivity index (χ4n) is 3.79. The molecule has 1 amide bonds. The van der Waals surface area contributed by atoms with Crippen LogP contribution < -0.4 is 0 Å². The zero-order chi connectivity index (χ0) is 22.6. The second-order valence-electron chi connectivity index (χ2n) is 7.95. The Morgan fingerprint density at radius 3 is 2.48 bits per heavy atom. The van der Waals surface area contributed by atoms with Crippen LogP contribution in [0.5, 0.6) is 0 Å². The summed E-state index contributed by atoms with van der Waals surface area (Å²) >= 11 is 1.44. The SMILES string of the molecule is CCCN(CC1CC1)C(=O)CSc1nc2cc(S(=O)(=O)N(CC)CC)ccc2n1CC. The van der Waals surface area contributed by atoms with Gasteiger partial charge < -0.3 is 9.47 Å². The van der Waals surface area contributed by atoms with Crippen LogP contribution >= 0.6 is 11.8 Å². The number of sulfonamides is 1. The molecule has 172 valence electrons. The van der Waals surface area contributed by atoms with Crippen molar-refractivity contribution in [2.24, 2.45) is 5.92 Å². The van der Waals surface area contributed by atoms with Gasteiger partial charge in [-0.1, -0.05) is 32.5 Å². The minimum absolute atomic E-state index is 0.151. The van der Waals surface area contributed by atoms with E-state index in [0.29, 0.717) is 36.8 Å². The van der Waals surface area contributed by atoms with E-state index in [0.717, 1.165) is 30.2 Å². The number of rotatable bonds is 12. The summed E-state index contributed by atoms with van der Waals surface area (Å²) in [6.07, 6.45) is 3.41. The van der Waals surface area contributed by atoms with Gasteiger partial charge in [-0.15, -0.1) is 0 Å². The second kappa shape index (κ2) is 10.4. The average molecular weight is 467 g/mol. The van der Waals surface area contributed by atoms with Crippen LogP contribution in [0.15, 0.2) is 28.3 Å². The summed E-state index contributed by atoms with van der Waals surface area (Å²) in [4.78, 5) is 19.7. The maximum absolute atomic E-state index is 12.9. The van der Waals surface area contributed by atoms with Crippen LogP contribution in [0.3, 0.4) is 0 Å². The third-order valence-corrected chi connectivity index (χ3v) is 8.70. The van der Waals surface area contributed by atoms with Crippen molar-refractivity contribution in [3.8, 4) is 0 Å². The Morgan fingerprint density at radius 1 is 1.19 bits per heavy atom. The van der Waals surface area contributed by atoms with Crippen molar-refractivity contribution in [3.63, 3.8) is 0 Å². The van der Waals surface area contributed by atoms with E-state index in [1.165, 1.54) is 28.9 Å². The smallest absolute Gasteiger partial charge is 0.243 e. The summed E-state index contributed by atoms with van der Waals surface area (Å²) in [7, 11) is -3.54. The Morgan fingerprint density at radius 2 is 1.90 bits per heavy atom. The molecule has 1 aliphatic carbocycles. The van der Waals surface area contributed by atoms with E-state index in [1.54, 1.807) is 12.1 Å². The van der Waals surface area contributed by atoms with Gasteiger partial charge in [0, 0.05) is 32.7 Å². The summed E-state index contributed by atoms with van der Waals surface area (Å²) in [5.74, 6) is 1.17. The zero-order valence-electron chi connectivity index (χ0n) is 19.0. The van der Waals surface area contributed by atoms with E-state index in [1.807, 2.05) is 36.3 Å². The molecule has 0 aliphatic heterocycles. The van der Waals surface area contributed by atoms with Gasteiger partial charge in [-0.2, -0.15) is 4.31 Å². The first-order chi connectivity index (χ1) is 14.8. The predicted octanol–water partition coefficient (Wildman–Crippen LogP) is 3.83. The molecular weight excluding hydrogens is 432 g/mol. The quantitative estimate of drug-likeness (QED) is 0.445. The van der Waals surface area contributed by atoms with Gasteiger partial charge in [0.05, 0.1) is 21.7 Å². The van der Waals surface area contributed by atoms with Crippen molar-refractivity contribution in [2.45, 2.75) is 63.6 Å². The fourth-order valence-corrected chi connectivity index (χ4v) is 6.25. The lowest BCUT2D eigenvalue weighted by Crippen LogP contribution is -2.35. The molecule has 0 radical (unpaired) electrons. The number of amides is 1. The fraction of sp³-hybridized carbons (Fsp3) is 0.636. The lowest BCUT2D eigenvalue weighted by molar-refractivity contribution is -0.128. The molecule has 0 bridgehead atoms. The molecule has 0 N–H and O–H groups in total. The minimum Gasteiger partial charge on any atom is -0.342 e. The standard InChI is InChI=1S/C22H34N4O3S2/c1-5-13-24(15-17-9-10-17)21(27)16-30-22-23-19-14-18(11-12-20(19)26(22)8-4)31(28,29)25(6-2)7-3/h11-12,14,17H,5-10,13,15-16H2,1-4H3.